The molecule has 2 heterocycles. The van der Waals surface area contributed by atoms with Gasteiger partial charge in [-0.25, -0.2) is 9.37 Å². The van der Waals surface area contributed by atoms with E-state index in [0.29, 0.717) is 23.7 Å². The van der Waals surface area contributed by atoms with E-state index in [1.54, 1.807) is 30.0 Å². The average molecular weight is 393 g/mol. The van der Waals surface area contributed by atoms with E-state index in [1.165, 1.54) is 13.0 Å². The van der Waals surface area contributed by atoms with Gasteiger partial charge in [-0.2, -0.15) is 0 Å². The number of carbonyl (C=O) groups is 2. The molecule has 0 saturated heterocycles. The zero-order chi connectivity index (χ0) is 20.5. The topological polar surface area (TPSA) is 75.4 Å². The molecule has 1 N–H and O–H groups in total. The van der Waals surface area contributed by atoms with Gasteiger partial charge < -0.3 is 14.6 Å². The first kappa shape index (κ1) is 18.9. The number of carbonyl (C=O) groups excluding carboxylic acids is 2. The van der Waals surface area contributed by atoms with Gasteiger partial charge >= 0.3 is 0 Å². The minimum Gasteiger partial charge on any atom is -0.441 e. The van der Waals surface area contributed by atoms with Crippen LogP contribution in [0.2, 0.25) is 0 Å². The molecule has 29 heavy (non-hydrogen) atoms. The number of rotatable bonds is 4. The van der Waals surface area contributed by atoms with Crippen LogP contribution in [0.3, 0.4) is 0 Å². The Bertz CT molecular complexity index is 1110. The van der Waals surface area contributed by atoms with Crippen LogP contribution in [0, 0.1) is 12.7 Å². The highest BCUT2D eigenvalue weighted by Gasteiger charge is 2.23. The first-order valence-corrected chi connectivity index (χ1v) is 9.34. The molecule has 3 aromatic rings. The summed E-state index contributed by atoms with van der Waals surface area (Å²) in [5, 5.41) is 2.83. The molecular weight excluding hydrogens is 373 g/mol. The van der Waals surface area contributed by atoms with Crippen LogP contribution in [-0.2, 0) is 22.4 Å². The van der Waals surface area contributed by atoms with Crippen LogP contribution < -0.4 is 10.2 Å². The van der Waals surface area contributed by atoms with Gasteiger partial charge in [0.1, 0.15) is 11.6 Å². The Morgan fingerprint density at radius 2 is 2.03 bits per heavy atom. The summed E-state index contributed by atoms with van der Waals surface area (Å²) in [5.41, 5.74) is 3.23. The van der Waals surface area contributed by atoms with Gasteiger partial charge in [-0.3, -0.25) is 9.59 Å². The molecular formula is C22H20FN3O3. The Kier molecular flexibility index (Phi) is 4.88. The zero-order valence-corrected chi connectivity index (χ0v) is 16.2. The number of aromatic nitrogens is 1. The van der Waals surface area contributed by atoms with Crippen molar-refractivity contribution in [2.45, 2.75) is 26.7 Å². The number of amides is 2. The summed E-state index contributed by atoms with van der Waals surface area (Å²) in [6, 6.07) is 11.7. The van der Waals surface area contributed by atoms with Crippen molar-refractivity contribution in [3.63, 3.8) is 0 Å². The lowest BCUT2D eigenvalue weighted by molar-refractivity contribution is -0.116. The monoisotopic (exact) mass is 393 g/mol. The molecule has 0 spiro atoms. The Hall–Kier alpha value is -3.48. The maximum absolute atomic E-state index is 14.0. The van der Waals surface area contributed by atoms with E-state index >= 15 is 0 Å². The number of anilines is 2. The van der Waals surface area contributed by atoms with Crippen molar-refractivity contribution >= 4 is 23.2 Å². The second-order valence-electron chi connectivity index (χ2n) is 6.99. The van der Waals surface area contributed by atoms with Gasteiger partial charge in [-0.1, -0.05) is 18.2 Å². The lowest BCUT2D eigenvalue weighted by Crippen LogP contribution is -2.25. The van der Waals surface area contributed by atoms with Crippen molar-refractivity contribution in [1.82, 2.24) is 4.98 Å². The van der Waals surface area contributed by atoms with Crippen LogP contribution in [-0.4, -0.2) is 23.3 Å². The van der Waals surface area contributed by atoms with Crippen molar-refractivity contribution < 1.29 is 18.4 Å². The summed E-state index contributed by atoms with van der Waals surface area (Å²) in [7, 11) is 0. The third-order valence-electron chi connectivity index (χ3n) is 4.97. The second-order valence-corrected chi connectivity index (χ2v) is 6.99. The van der Waals surface area contributed by atoms with Crippen LogP contribution in [0.4, 0.5) is 15.8 Å². The summed E-state index contributed by atoms with van der Waals surface area (Å²) in [6.07, 6.45) is 0.803. The van der Waals surface area contributed by atoms with E-state index in [0.717, 1.165) is 17.7 Å². The zero-order valence-electron chi connectivity index (χ0n) is 16.2. The molecule has 1 aromatic heterocycles. The van der Waals surface area contributed by atoms with Crippen LogP contribution in [0.5, 0.6) is 0 Å². The van der Waals surface area contributed by atoms with E-state index in [1.807, 2.05) is 18.2 Å². The Morgan fingerprint density at radius 1 is 1.24 bits per heavy atom. The summed E-state index contributed by atoms with van der Waals surface area (Å²) >= 11 is 0. The minimum atomic E-state index is -0.432. The molecule has 1 aliphatic rings. The Morgan fingerprint density at radius 3 is 2.79 bits per heavy atom. The van der Waals surface area contributed by atoms with Gasteiger partial charge in [-0.15, -0.1) is 0 Å². The van der Waals surface area contributed by atoms with E-state index in [9.17, 15) is 14.0 Å². The number of nitrogens with one attached hydrogen (secondary N) is 1. The molecule has 0 atom stereocenters. The normalized spacial score (nSPS) is 12.7. The standard InChI is InChI=1S/C22H20FN3O3/c1-13-19(25-22(29-13)17-5-3-4-6-18(17)23)12-21(28)24-16-8-7-15-9-10-26(14(2)27)20(15)11-16/h3-8,11H,9-10,12H2,1-2H3,(H,24,28). The van der Waals surface area contributed by atoms with Crippen LogP contribution in [0.15, 0.2) is 46.9 Å². The van der Waals surface area contributed by atoms with Gasteiger partial charge in [0, 0.05) is 24.8 Å². The highest BCUT2D eigenvalue weighted by atomic mass is 19.1. The smallest absolute Gasteiger partial charge is 0.230 e. The summed E-state index contributed by atoms with van der Waals surface area (Å²) in [6.45, 7) is 3.87. The molecule has 1 aliphatic heterocycles. The van der Waals surface area contributed by atoms with E-state index in [4.69, 9.17) is 4.42 Å². The van der Waals surface area contributed by atoms with Crippen molar-refractivity contribution in [1.29, 1.82) is 0 Å². The minimum absolute atomic E-state index is 0.00269. The van der Waals surface area contributed by atoms with Crippen LogP contribution in [0.25, 0.3) is 11.5 Å². The molecule has 2 aromatic carbocycles. The quantitative estimate of drug-likeness (QED) is 0.730. The SMILES string of the molecule is CC(=O)N1CCc2ccc(NC(=O)Cc3nc(-c4ccccc4F)oc3C)cc21. The van der Waals surface area contributed by atoms with E-state index < -0.39 is 5.82 Å². The summed E-state index contributed by atoms with van der Waals surface area (Å²) in [4.78, 5) is 30.3. The predicted molar refractivity (Wildman–Crippen MR) is 107 cm³/mol. The highest BCUT2D eigenvalue weighted by molar-refractivity contribution is 5.97. The molecule has 6 nitrogen and oxygen atoms in total. The van der Waals surface area contributed by atoms with Gasteiger partial charge in [0.05, 0.1) is 17.7 Å². The number of hydrogen-bond donors (Lipinski definition) is 1. The van der Waals surface area contributed by atoms with Crippen molar-refractivity contribution in [2.75, 3.05) is 16.8 Å². The first-order valence-electron chi connectivity index (χ1n) is 9.34. The first-order chi connectivity index (χ1) is 13.9. The fourth-order valence-electron chi connectivity index (χ4n) is 3.48. The molecule has 2 amide bonds. The molecule has 4 rings (SSSR count). The predicted octanol–water partition coefficient (Wildman–Crippen LogP) is 3.88. The van der Waals surface area contributed by atoms with Gasteiger partial charge in [0.15, 0.2) is 0 Å². The number of oxazole rings is 1. The van der Waals surface area contributed by atoms with Gasteiger partial charge in [-0.05, 0) is 43.2 Å². The molecule has 0 bridgehead atoms. The molecule has 0 fully saturated rings. The molecule has 0 unspecified atom stereocenters. The van der Waals surface area contributed by atoms with Gasteiger partial charge in [0.2, 0.25) is 17.7 Å². The molecule has 148 valence electrons. The molecule has 0 saturated carbocycles. The van der Waals surface area contributed by atoms with E-state index in [2.05, 4.69) is 10.3 Å². The van der Waals surface area contributed by atoms with Gasteiger partial charge in [0.25, 0.3) is 0 Å². The number of nitrogens with zero attached hydrogens (tertiary/aromatic N) is 2. The number of aryl methyl sites for hydroxylation is 1. The second kappa shape index (κ2) is 7.50. The molecule has 7 heteroatoms. The fraction of sp³-hybridized carbons (Fsp3) is 0.227. The number of hydrogen-bond acceptors (Lipinski definition) is 4. The van der Waals surface area contributed by atoms with Crippen LogP contribution in [0.1, 0.15) is 23.9 Å². The Labute approximate surface area is 167 Å². The number of fused-ring (bicyclic) bond motifs is 1. The highest BCUT2D eigenvalue weighted by Crippen LogP contribution is 2.31. The third kappa shape index (κ3) is 3.76. The molecule has 0 aliphatic carbocycles. The fourth-order valence-corrected chi connectivity index (χ4v) is 3.48. The maximum atomic E-state index is 14.0. The lowest BCUT2D eigenvalue weighted by Gasteiger charge is -2.15. The molecule has 0 radical (unpaired) electrons. The van der Waals surface area contributed by atoms with Crippen molar-refractivity contribution in [3.05, 3.63) is 65.3 Å². The maximum Gasteiger partial charge on any atom is 0.230 e. The van der Waals surface area contributed by atoms with E-state index in [-0.39, 0.29) is 29.7 Å². The average Bonchev–Trinajstić information content (AvgIpc) is 3.25. The number of halogens is 1. The number of benzene rings is 2. The largest absolute Gasteiger partial charge is 0.441 e. The summed E-state index contributed by atoms with van der Waals surface area (Å²) in [5.74, 6) is -0.106. The van der Waals surface area contributed by atoms with Crippen molar-refractivity contribution in [2.24, 2.45) is 0 Å². The van der Waals surface area contributed by atoms with Crippen molar-refractivity contribution in [3.8, 4) is 11.5 Å². The Balaban J connectivity index is 1.49. The van der Waals surface area contributed by atoms with Crippen LogP contribution >= 0.6 is 0 Å². The third-order valence-corrected chi connectivity index (χ3v) is 4.97. The summed E-state index contributed by atoms with van der Waals surface area (Å²) < 4.78 is 19.5. The lowest BCUT2D eigenvalue weighted by atomic mass is 10.1.